The van der Waals surface area contributed by atoms with Gasteiger partial charge in [-0.3, -0.25) is 4.79 Å². The van der Waals surface area contributed by atoms with Gasteiger partial charge in [0.15, 0.2) is 17.0 Å². The minimum atomic E-state index is -1.14. The summed E-state index contributed by atoms with van der Waals surface area (Å²) in [5.41, 5.74) is 4.33. The summed E-state index contributed by atoms with van der Waals surface area (Å²) in [6, 6.07) is 27.1. The number of aliphatic hydroxyl groups is 2. The Morgan fingerprint density at radius 3 is 2.30 bits per heavy atom. The van der Waals surface area contributed by atoms with E-state index in [-0.39, 0.29) is 24.3 Å². The summed E-state index contributed by atoms with van der Waals surface area (Å²) in [6.45, 7) is 2.59. The van der Waals surface area contributed by atoms with Crippen LogP contribution >= 0.6 is 11.6 Å². The van der Waals surface area contributed by atoms with Gasteiger partial charge in [-0.05, 0) is 35.2 Å². The van der Waals surface area contributed by atoms with E-state index in [1.54, 1.807) is 17.8 Å². The zero-order valence-corrected chi connectivity index (χ0v) is 26.2. The standard InChI is InChI=1S/C35H37ClN6O4/c1-2-29(43)39-27-19-28(32(45)31(27)44)42-21-38-30-33(37-20-26(23-9-5-3-6-10-23)24-11-7-4-8-12-24)40-35(41-34(30)42)46-18-17-22-13-15-25(36)16-14-22/h3-16,21,26-28,31-32,44-45H,2,17-20H2,1H3,(H,39,43)(H,37,40,41). The highest BCUT2D eigenvalue weighted by atomic mass is 35.5. The van der Waals surface area contributed by atoms with Crippen molar-refractivity contribution in [2.75, 3.05) is 18.5 Å². The molecule has 2 heterocycles. The van der Waals surface area contributed by atoms with E-state index < -0.39 is 24.3 Å². The monoisotopic (exact) mass is 640 g/mol. The molecule has 3 aromatic carbocycles. The molecular formula is C35H37ClN6O4. The van der Waals surface area contributed by atoms with Gasteiger partial charge in [0.25, 0.3) is 0 Å². The van der Waals surface area contributed by atoms with Crippen molar-refractivity contribution in [1.82, 2.24) is 24.8 Å². The molecule has 1 saturated carbocycles. The molecule has 1 fully saturated rings. The van der Waals surface area contributed by atoms with Crippen molar-refractivity contribution in [1.29, 1.82) is 0 Å². The van der Waals surface area contributed by atoms with Crippen molar-refractivity contribution in [3.63, 3.8) is 0 Å². The third kappa shape index (κ3) is 6.99. The Hall–Kier alpha value is -4.51. The van der Waals surface area contributed by atoms with Crippen molar-refractivity contribution < 1.29 is 19.7 Å². The van der Waals surface area contributed by atoms with E-state index in [0.29, 0.717) is 48.0 Å². The van der Waals surface area contributed by atoms with Crippen LogP contribution in [0.2, 0.25) is 5.02 Å². The highest BCUT2D eigenvalue weighted by Gasteiger charge is 2.43. The lowest BCUT2D eigenvalue weighted by Gasteiger charge is -2.20. The van der Waals surface area contributed by atoms with Gasteiger partial charge in [-0.15, -0.1) is 0 Å². The van der Waals surface area contributed by atoms with Crippen LogP contribution in [0.4, 0.5) is 5.82 Å². The Kier molecular flexibility index (Phi) is 9.77. The highest BCUT2D eigenvalue weighted by Crippen LogP contribution is 2.35. The van der Waals surface area contributed by atoms with Crippen LogP contribution in [-0.4, -0.2) is 67.0 Å². The van der Waals surface area contributed by atoms with E-state index in [4.69, 9.17) is 26.3 Å². The van der Waals surface area contributed by atoms with Gasteiger partial charge in [-0.25, -0.2) is 4.98 Å². The predicted molar refractivity (Wildman–Crippen MR) is 177 cm³/mol. The van der Waals surface area contributed by atoms with Crippen LogP contribution in [0.15, 0.2) is 91.3 Å². The number of fused-ring (bicyclic) bond motifs is 1. The molecule has 0 radical (unpaired) electrons. The van der Waals surface area contributed by atoms with Crippen molar-refractivity contribution in [2.24, 2.45) is 0 Å². The molecule has 4 atom stereocenters. The van der Waals surface area contributed by atoms with E-state index >= 15 is 0 Å². The Labute approximate surface area is 272 Å². The Morgan fingerprint density at radius 1 is 0.978 bits per heavy atom. The van der Waals surface area contributed by atoms with Gasteiger partial charge in [0.2, 0.25) is 5.91 Å². The normalized spacial score (nSPS) is 19.4. The number of aromatic nitrogens is 4. The molecule has 4 N–H and O–H groups in total. The predicted octanol–water partition coefficient (Wildman–Crippen LogP) is 4.91. The summed E-state index contributed by atoms with van der Waals surface area (Å²) in [7, 11) is 0. The van der Waals surface area contributed by atoms with Gasteiger partial charge >= 0.3 is 6.01 Å². The number of hydrogen-bond donors (Lipinski definition) is 4. The number of benzene rings is 3. The lowest BCUT2D eigenvalue weighted by molar-refractivity contribution is -0.122. The number of nitrogens with zero attached hydrogens (tertiary/aromatic N) is 4. The molecule has 0 spiro atoms. The molecule has 238 valence electrons. The van der Waals surface area contributed by atoms with Crippen LogP contribution in [0.1, 0.15) is 48.4 Å². The van der Waals surface area contributed by atoms with Crippen LogP contribution in [0.3, 0.4) is 0 Å². The number of amides is 1. The number of imidazole rings is 1. The zero-order chi connectivity index (χ0) is 32.0. The average molecular weight is 641 g/mol. The largest absolute Gasteiger partial charge is 0.463 e. The maximum Gasteiger partial charge on any atom is 0.320 e. The first kappa shape index (κ1) is 31.5. The number of rotatable bonds is 12. The van der Waals surface area contributed by atoms with E-state index in [1.165, 1.54) is 0 Å². The van der Waals surface area contributed by atoms with Crippen molar-refractivity contribution in [2.45, 2.75) is 56.4 Å². The fourth-order valence-corrected chi connectivity index (χ4v) is 6.10. The lowest BCUT2D eigenvalue weighted by atomic mass is 9.91. The minimum Gasteiger partial charge on any atom is -0.463 e. The van der Waals surface area contributed by atoms with Gasteiger partial charge in [-0.2, -0.15) is 9.97 Å². The molecule has 1 aliphatic carbocycles. The fourth-order valence-electron chi connectivity index (χ4n) is 5.97. The third-order valence-corrected chi connectivity index (χ3v) is 8.74. The summed E-state index contributed by atoms with van der Waals surface area (Å²) in [5.74, 6) is 0.327. The second-order valence-corrected chi connectivity index (χ2v) is 11.9. The first-order chi connectivity index (χ1) is 22.4. The molecule has 0 aliphatic heterocycles. The molecule has 6 rings (SSSR count). The molecule has 0 bridgehead atoms. The fraction of sp³-hybridized carbons (Fsp3) is 0.314. The van der Waals surface area contributed by atoms with Crippen LogP contribution in [0, 0.1) is 0 Å². The maximum atomic E-state index is 12.1. The van der Waals surface area contributed by atoms with Crippen LogP contribution in [0.25, 0.3) is 11.2 Å². The third-order valence-electron chi connectivity index (χ3n) is 8.49. The zero-order valence-electron chi connectivity index (χ0n) is 25.5. The summed E-state index contributed by atoms with van der Waals surface area (Å²) in [5, 5.41) is 28.8. The van der Waals surface area contributed by atoms with Gasteiger partial charge < -0.3 is 30.2 Å². The summed E-state index contributed by atoms with van der Waals surface area (Å²) in [4.78, 5) is 26.2. The van der Waals surface area contributed by atoms with Crippen molar-refractivity contribution >= 4 is 34.5 Å². The van der Waals surface area contributed by atoms with E-state index in [0.717, 1.165) is 16.7 Å². The number of halogens is 1. The van der Waals surface area contributed by atoms with Crippen LogP contribution in [-0.2, 0) is 11.2 Å². The second kappa shape index (κ2) is 14.3. The molecular weight excluding hydrogens is 604 g/mol. The summed E-state index contributed by atoms with van der Waals surface area (Å²) in [6.07, 6.45) is 0.536. The van der Waals surface area contributed by atoms with Crippen molar-refractivity contribution in [3.05, 3.63) is 113 Å². The first-order valence-corrected chi connectivity index (χ1v) is 15.9. The molecule has 4 unspecified atom stereocenters. The molecule has 10 nitrogen and oxygen atoms in total. The number of hydrogen-bond acceptors (Lipinski definition) is 8. The molecule has 2 aromatic heterocycles. The van der Waals surface area contributed by atoms with Gasteiger partial charge in [0, 0.05) is 30.3 Å². The smallest absolute Gasteiger partial charge is 0.320 e. The Morgan fingerprint density at radius 2 is 1.65 bits per heavy atom. The molecule has 5 aromatic rings. The topological polar surface area (TPSA) is 134 Å². The highest BCUT2D eigenvalue weighted by molar-refractivity contribution is 6.30. The van der Waals surface area contributed by atoms with E-state index in [2.05, 4.69) is 39.9 Å². The number of ether oxygens (including phenoxy) is 1. The van der Waals surface area contributed by atoms with E-state index in [9.17, 15) is 15.0 Å². The SMILES string of the molecule is CCC(=O)NC1CC(n2cnc3c(NCC(c4ccccc4)c4ccccc4)nc(OCCc4ccc(Cl)cc4)nc32)C(O)C1O. The Bertz CT molecular complexity index is 1710. The number of nitrogens with one attached hydrogen (secondary N) is 2. The molecule has 1 aliphatic rings. The lowest BCUT2D eigenvalue weighted by Crippen LogP contribution is -2.42. The quantitative estimate of drug-likeness (QED) is 0.151. The van der Waals surface area contributed by atoms with Gasteiger partial charge in [0.1, 0.15) is 12.2 Å². The van der Waals surface area contributed by atoms with E-state index in [1.807, 2.05) is 60.7 Å². The number of aliphatic hydroxyl groups excluding tert-OH is 2. The maximum absolute atomic E-state index is 12.1. The molecule has 46 heavy (non-hydrogen) atoms. The van der Waals surface area contributed by atoms with Crippen LogP contribution < -0.4 is 15.4 Å². The molecule has 11 heteroatoms. The second-order valence-electron chi connectivity index (χ2n) is 11.5. The number of carbonyl (C=O) groups is 1. The first-order valence-electron chi connectivity index (χ1n) is 15.5. The average Bonchev–Trinajstić information content (AvgIpc) is 3.63. The molecule has 1 amide bonds. The number of anilines is 1. The van der Waals surface area contributed by atoms with Gasteiger partial charge in [-0.1, -0.05) is 91.3 Å². The molecule has 0 saturated heterocycles. The van der Waals surface area contributed by atoms with Crippen molar-refractivity contribution in [3.8, 4) is 6.01 Å². The minimum absolute atomic E-state index is 0.0264. The number of carbonyl (C=O) groups excluding carboxylic acids is 1. The summed E-state index contributed by atoms with van der Waals surface area (Å²) >= 11 is 6.04. The van der Waals surface area contributed by atoms with Gasteiger partial charge in [0.05, 0.1) is 25.0 Å². The summed E-state index contributed by atoms with van der Waals surface area (Å²) < 4.78 is 7.83. The Balaban J connectivity index is 1.31. The van der Waals surface area contributed by atoms with Crippen LogP contribution in [0.5, 0.6) is 6.01 Å².